The Labute approximate surface area is 128 Å². The molecule has 0 saturated carbocycles. The Morgan fingerprint density at radius 2 is 2.19 bits per heavy atom. The van der Waals surface area contributed by atoms with Crippen LogP contribution in [0.4, 0.5) is 0 Å². The first-order valence-electron chi connectivity index (χ1n) is 6.32. The molecule has 21 heavy (non-hydrogen) atoms. The Bertz CT molecular complexity index is 866. The molecule has 0 fully saturated rings. The third-order valence-electron chi connectivity index (χ3n) is 2.95. The maximum absolute atomic E-state index is 5.37. The number of hydrogen-bond acceptors (Lipinski definition) is 6. The molecule has 0 aliphatic heterocycles. The van der Waals surface area contributed by atoms with Gasteiger partial charge in [0.15, 0.2) is 16.6 Å². The van der Waals surface area contributed by atoms with Crippen LogP contribution in [-0.2, 0) is 5.75 Å². The molecule has 0 saturated heterocycles. The van der Waals surface area contributed by atoms with Gasteiger partial charge in [-0.2, -0.15) is 0 Å². The summed E-state index contributed by atoms with van der Waals surface area (Å²) in [7, 11) is 0. The zero-order valence-electron chi connectivity index (χ0n) is 10.8. The lowest BCUT2D eigenvalue weighted by Crippen LogP contribution is -1.87. The Hall–Kier alpha value is -2.12. The van der Waals surface area contributed by atoms with Gasteiger partial charge in [-0.3, -0.25) is 4.40 Å². The highest BCUT2D eigenvalue weighted by molar-refractivity contribution is 7.98. The quantitative estimate of drug-likeness (QED) is 0.537. The Balaban J connectivity index is 1.52. The highest BCUT2D eigenvalue weighted by Crippen LogP contribution is 2.27. The molecule has 0 aromatic carbocycles. The van der Waals surface area contributed by atoms with Gasteiger partial charge < -0.3 is 4.52 Å². The first-order chi connectivity index (χ1) is 10.4. The maximum Gasteiger partial charge on any atom is 0.195 e. The van der Waals surface area contributed by atoms with Crippen LogP contribution in [0.3, 0.4) is 0 Å². The van der Waals surface area contributed by atoms with E-state index in [1.165, 1.54) is 0 Å². The van der Waals surface area contributed by atoms with E-state index in [2.05, 4.69) is 15.4 Å². The molecule has 0 aliphatic carbocycles. The molecule has 4 heterocycles. The smallest absolute Gasteiger partial charge is 0.195 e. The second-order valence-electron chi connectivity index (χ2n) is 4.36. The summed E-state index contributed by atoms with van der Waals surface area (Å²) >= 11 is 3.23. The van der Waals surface area contributed by atoms with Crippen LogP contribution in [-0.4, -0.2) is 19.8 Å². The number of thioether (sulfide) groups is 1. The Morgan fingerprint density at radius 1 is 1.19 bits per heavy atom. The summed E-state index contributed by atoms with van der Waals surface area (Å²) in [5, 5.41) is 15.3. The van der Waals surface area contributed by atoms with E-state index in [4.69, 9.17) is 4.52 Å². The summed E-state index contributed by atoms with van der Waals surface area (Å²) in [6.45, 7) is 0. The standard InChI is InChI=1S/C14H10N4OS2/c1-2-6-18-13(5-1)15-16-14(18)21-9-10-8-11(19-17-10)12-4-3-7-20-12/h1-8H,9H2. The summed E-state index contributed by atoms with van der Waals surface area (Å²) < 4.78 is 7.33. The average molecular weight is 314 g/mol. The fraction of sp³-hybridized carbons (Fsp3) is 0.0714. The van der Waals surface area contributed by atoms with Crippen molar-refractivity contribution < 1.29 is 4.52 Å². The minimum absolute atomic E-state index is 0.699. The van der Waals surface area contributed by atoms with E-state index in [9.17, 15) is 0 Å². The molecule has 0 aliphatic rings. The molecular formula is C14H10N4OS2. The summed E-state index contributed by atoms with van der Waals surface area (Å²) in [5.74, 6) is 1.51. The SMILES string of the molecule is c1csc(-c2cc(CSc3nnc4ccccn34)no2)c1. The lowest BCUT2D eigenvalue weighted by atomic mass is 10.3. The third-order valence-corrected chi connectivity index (χ3v) is 4.82. The second kappa shape index (κ2) is 5.34. The molecular weight excluding hydrogens is 304 g/mol. The molecule has 5 nitrogen and oxygen atoms in total. The number of thiophene rings is 1. The predicted octanol–water partition coefficient (Wildman–Crippen LogP) is 3.74. The maximum atomic E-state index is 5.37. The van der Waals surface area contributed by atoms with E-state index in [1.54, 1.807) is 23.1 Å². The summed E-state index contributed by atoms with van der Waals surface area (Å²) in [6, 6.07) is 11.8. The molecule has 0 N–H and O–H groups in total. The van der Waals surface area contributed by atoms with E-state index in [1.807, 2.05) is 52.4 Å². The second-order valence-corrected chi connectivity index (χ2v) is 6.25. The summed E-state index contributed by atoms with van der Waals surface area (Å²) in [6.07, 6.45) is 1.96. The van der Waals surface area contributed by atoms with E-state index in [-0.39, 0.29) is 0 Å². The topological polar surface area (TPSA) is 56.2 Å². The van der Waals surface area contributed by atoms with Crippen molar-refractivity contribution in [3.8, 4) is 10.6 Å². The zero-order chi connectivity index (χ0) is 14.1. The van der Waals surface area contributed by atoms with Crippen molar-refractivity contribution in [1.29, 1.82) is 0 Å². The number of nitrogens with zero attached hydrogens (tertiary/aromatic N) is 4. The van der Waals surface area contributed by atoms with Crippen LogP contribution in [0, 0.1) is 0 Å². The van der Waals surface area contributed by atoms with Crippen LogP contribution in [0.5, 0.6) is 0 Å². The van der Waals surface area contributed by atoms with Crippen molar-refractivity contribution >= 4 is 28.7 Å². The van der Waals surface area contributed by atoms with Crippen LogP contribution < -0.4 is 0 Å². The van der Waals surface area contributed by atoms with Crippen molar-refractivity contribution in [3.05, 3.63) is 53.7 Å². The first kappa shape index (κ1) is 12.6. The molecule has 4 rings (SSSR count). The fourth-order valence-electron chi connectivity index (χ4n) is 1.97. The van der Waals surface area contributed by atoms with Gasteiger partial charge in [0.2, 0.25) is 0 Å². The van der Waals surface area contributed by atoms with Crippen LogP contribution in [0.2, 0.25) is 0 Å². The van der Waals surface area contributed by atoms with Gasteiger partial charge in [-0.1, -0.05) is 29.1 Å². The van der Waals surface area contributed by atoms with Gasteiger partial charge in [0, 0.05) is 18.0 Å². The lowest BCUT2D eigenvalue weighted by molar-refractivity contribution is 0.427. The number of pyridine rings is 1. The van der Waals surface area contributed by atoms with Crippen molar-refractivity contribution in [3.63, 3.8) is 0 Å². The Morgan fingerprint density at radius 3 is 3.10 bits per heavy atom. The van der Waals surface area contributed by atoms with Gasteiger partial charge in [-0.05, 0) is 23.6 Å². The molecule has 0 spiro atoms. The molecule has 0 bridgehead atoms. The van der Waals surface area contributed by atoms with Crippen LogP contribution in [0.15, 0.2) is 57.7 Å². The molecule has 0 atom stereocenters. The molecule has 4 aromatic heterocycles. The van der Waals surface area contributed by atoms with Gasteiger partial charge in [-0.15, -0.1) is 21.5 Å². The predicted molar refractivity (Wildman–Crippen MR) is 82.4 cm³/mol. The van der Waals surface area contributed by atoms with Crippen molar-refractivity contribution in [2.75, 3.05) is 0 Å². The van der Waals surface area contributed by atoms with Gasteiger partial charge in [0.1, 0.15) is 0 Å². The molecule has 7 heteroatoms. The fourth-order valence-corrected chi connectivity index (χ4v) is 3.45. The average Bonchev–Trinajstić information content (AvgIpc) is 3.25. The summed E-state index contributed by atoms with van der Waals surface area (Å²) in [4.78, 5) is 1.09. The largest absolute Gasteiger partial charge is 0.355 e. The van der Waals surface area contributed by atoms with Gasteiger partial charge in [0.05, 0.1) is 10.6 Å². The van der Waals surface area contributed by atoms with Crippen molar-refractivity contribution in [2.45, 2.75) is 10.9 Å². The van der Waals surface area contributed by atoms with E-state index in [0.29, 0.717) is 5.75 Å². The molecule has 4 aromatic rings. The van der Waals surface area contributed by atoms with E-state index < -0.39 is 0 Å². The molecule has 104 valence electrons. The highest BCUT2D eigenvalue weighted by Gasteiger charge is 2.10. The monoisotopic (exact) mass is 314 g/mol. The lowest BCUT2D eigenvalue weighted by Gasteiger charge is -1.96. The van der Waals surface area contributed by atoms with Gasteiger partial charge in [-0.25, -0.2) is 0 Å². The number of hydrogen-bond donors (Lipinski definition) is 0. The van der Waals surface area contributed by atoms with Crippen molar-refractivity contribution in [2.24, 2.45) is 0 Å². The molecule has 0 radical (unpaired) electrons. The number of aromatic nitrogens is 4. The third kappa shape index (κ3) is 2.45. The Kier molecular flexibility index (Phi) is 3.21. The summed E-state index contributed by atoms with van der Waals surface area (Å²) in [5.41, 5.74) is 1.75. The zero-order valence-corrected chi connectivity index (χ0v) is 12.5. The van der Waals surface area contributed by atoms with Crippen LogP contribution >= 0.6 is 23.1 Å². The number of rotatable bonds is 4. The van der Waals surface area contributed by atoms with Gasteiger partial charge >= 0.3 is 0 Å². The van der Waals surface area contributed by atoms with E-state index >= 15 is 0 Å². The van der Waals surface area contributed by atoms with Crippen LogP contribution in [0.25, 0.3) is 16.3 Å². The van der Waals surface area contributed by atoms with Gasteiger partial charge in [0.25, 0.3) is 0 Å². The van der Waals surface area contributed by atoms with Crippen molar-refractivity contribution in [1.82, 2.24) is 19.8 Å². The normalized spacial score (nSPS) is 11.2. The highest BCUT2D eigenvalue weighted by atomic mass is 32.2. The van der Waals surface area contributed by atoms with Crippen LogP contribution in [0.1, 0.15) is 5.69 Å². The molecule has 0 unspecified atom stereocenters. The minimum atomic E-state index is 0.699. The minimum Gasteiger partial charge on any atom is -0.355 e. The number of fused-ring (bicyclic) bond motifs is 1. The first-order valence-corrected chi connectivity index (χ1v) is 8.19. The van der Waals surface area contributed by atoms with E-state index in [0.717, 1.165) is 27.1 Å². The molecule has 0 amide bonds.